The number of furan rings is 1. The lowest BCUT2D eigenvalue weighted by Gasteiger charge is -2.16. The van der Waals surface area contributed by atoms with Crippen molar-refractivity contribution in [2.24, 2.45) is 0 Å². The number of hydrogen-bond acceptors (Lipinski definition) is 6. The van der Waals surface area contributed by atoms with Crippen LogP contribution < -0.4 is 10.9 Å². The summed E-state index contributed by atoms with van der Waals surface area (Å²) in [6.45, 7) is 3.44. The standard InChI is InChI=1S/C25H20F2N6O3/c1-2-28-24(34)17-5-6-19(23(27)29-17)33-11-14-10-32(12-18(14)31-33)9-13-3-4-15-16-7-8-36-22(16)25(35)30-21(15)20(13)26/h3-8,11H,2,9-10,12H2,1H3,(H,28,34)(H,30,35). The normalized spacial score (nSPS) is 13.5. The monoisotopic (exact) mass is 490 g/mol. The first kappa shape index (κ1) is 22.1. The average Bonchev–Trinajstić information content (AvgIpc) is 3.57. The molecule has 1 aromatic carbocycles. The molecule has 0 fully saturated rings. The fourth-order valence-electron chi connectivity index (χ4n) is 4.63. The number of aromatic nitrogens is 4. The van der Waals surface area contributed by atoms with E-state index >= 15 is 4.39 Å². The number of hydrogen-bond donors (Lipinski definition) is 2. The van der Waals surface area contributed by atoms with Crippen LogP contribution in [0, 0.1) is 11.8 Å². The zero-order chi connectivity index (χ0) is 25.0. The smallest absolute Gasteiger partial charge is 0.292 e. The molecule has 0 saturated carbocycles. The third-order valence-corrected chi connectivity index (χ3v) is 6.31. The number of halogens is 2. The van der Waals surface area contributed by atoms with Gasteiger partial charge < -0.3 is 14.7 Å². The summed E-state index contributed by atoms with van der Waals surface area (Å²) >= 11 is 0. The highest BCUT2D eigenvalue weighted by Gasteiger charge is 2.25. The van der Waals surface area contributed by atoms with Crippen LogP contribution in [0.15, 0.2) is 52.0 Å². The minimum atomic E-state index is -0.796. The molecule has 2 N–H and O–H groups in total. The molecule has 1 amide bonds. The van der Waals surface area contributed by atoms with Crippen molar-refractivity contribution in [2.75, 3.05) is 6.54 Å². The Hall–Kier alpha value is -4.38. The first-order valence-corrected chi connectivity index (χ1v) is 11.4. The third-order valence-electron chi connectivity index (χ3n) is 6.31. The second kappa shape index (κ2) is 8.38. The fourth-order valence-corrected chi connectivity index (χ4v) is 4.63. The van der Waals surface area contributed by atoms with Crippen molar-refractivity contribution >= 4 is 27.8 Å². The lowest BCUT2D eigenvalue weighted by molar-refractivity contribution is 0.0949. The van der Waals surface area contributed by atoms with Crippen LogP contribution in [0.4, 0.5) is 8.78 Å². The maximum atomic E-state index is 15.3. The number of carbonyl (C=O) groups excluding carboxylic acids is 1. The Morgan fingerprint density at radius 2 is 2.03 bits per heavy atom. The predicted octanol–water partition coefficient (Wildman–Crippen LogP) is 3.40. The fraction of sp³-hybridized carbons (Fsp3) is 0.200. The predicted molar refractivity (Wildman–Crippen MR) is 127 cm³/mol. The zero-order valence-corrected chi connectivity index (χ0v) is 19.1. The zero-order valence-electron chi connectivity index (χ0n) is 19.1. The van der Waals surface area contributed by atoms with E-state index in [1.165, 1.54) is 23.1 Å². The van der Waals surface area contributed by atoms with Crippen LogP contribution in [-0.2, 0) is 19.6 Å². The van der Waals surface area contributed by atoms with Crippen molar-refractivity contribution in [2.45, 2.75) is 26.6 Å². The lowest BCUT2D eigenvalue weighted by atomic mass is 10.1. The molecule has 5 heterocycles. The number of nitrogens with one attached hydrogen (secondary N) is 2. The topological polar surface area (TPSA) is 109 Å². The van der Waals surface area contributed by atoms with Gasteiger partial charge in [-0.25, -0.2) is 14.1 Å². The number of benzene rings is 1. The molecule has 0 bridgehead atoms. The van der Waals surface area contributed by atoms with Gasteiger partial charge in [0.25, 0.3) is 11.5 Å². The van der Waals surface area contributed by atoms with Gasteiger partial charge in [-0.1, -0.05) is 12.1 Å². The van der Waals surface area contributed by atoms with E-state index in [9.17, 15) is 14.0 Å². The summed E-state index contributed by atoms with van der Waals surface area (Å²) in [5, 5.41) is 8.21. The maximum absolute atomic E-state index is 15.3. The van der Waals surface area contributed by atoms with Gasteiger partial charge in [0.1, 0.15) is 11.4 Å². The number of amides is 1. The van der Waals surface area contributed by atoms with Gasteiger partial charge in [-0.3, -0.25) is 14.5 Å². The molecular weight excluding hydrogens is 470 g/mol. The highest BCUT2D eigenvalue weighted by Crippen LogP contribution is 2.29. The largest absolute Gasteiger partial charge is 0.459 e. The number of H-pyrrole nitrogens is 1. The first-order chi connectivity index (χ1) is 17.4. The van der Waals surface area contributed by atoms with Crippen LogP contribution in [0.3, 0.4) is 0 Å². The number of fused-ring (bicyclic) bond motifs is 4. The molecule has 1 aliphatic heterocycles. The number of rotatable bonds is 5. The molecule has 0 unspecified atom stereocenters. The molecule has 9 nitrogen and oxygen atoms in total. The molecular formula is C25H20F2N6O3. The van der Waals surface area contributed by atoms with Crippen molar-refractivity contribution in [3.63, 3.8) is 0 Å². The Labute approximate surface area is 202 Å². The van der Waals surface area contributed by atoms with Crippen LogP contribution in [-0.4, -0.2) is 37.1 Å². The lowest BCUT2D eigenvalue weighted by Crippen LogP contribution is -2.24. The molecule has 0 spiro atoms. The van der Waals surface area contributed by atoms with E-state index < -0.39 is 23.2 Å². The van der Waals surface area contributed by atoms with E-state index in [-0.39, 0.29) is 22.5 Å². The van der Waals surface area contributed by atoms with E-state index in [4.69, 9.17) is 4.42 Å². The van der Waals surface area contributed by atoms with Gasteiger partial charge in [0, 0.05) is 54.3 Å². The highest BCUT2D eigenvalue weighted by atomic mass is 19.1. The average molecular weight is 490 g/mol. The Balaban J connectivity index is 1.22. The second-order valence-corrected chi connectivity index (χ2v) is 8.64. The van der Waals surface area contributed by atoms with E-state index in [1.54, 1.807) is 31.3 Å². The van der Waals surface area contributed by atoms with Crippen molar-refractivity contribution in [3.8, 4) is 5.69 Å². The molecule has 11 heteroatoms. The summed E-state index contributed by atoms with van der Waals surface area (Å²) in [4.78, 5) is 32.5. The minimum absolute atomic E-state index is 0.00349. The highest BCUT2D eigenvalue weighted by molar-refractivity contribution is 6.03. The summed E-state index contributed by atoms with van der Waals surface area (Å²) in [6, 6.07) is 8.05. The Kier molecular flexibility index (Phi) is 5.15. The van der Waals surface area contributed by atoms with Crippen molar-refractivity contribution < 1.29 is 18.0 Å². The van der Waals surface area contributed by atoms with Crippen LogP contribution in [0.2, 0.25) is 0 Å². The Morgan fingerprint density at radius 1 is 1.17 bits per heavy atom. The maximum Gasteiger partial charge on any atom is 0.292 e. The summed E-state index contributed by atoms with van der Waals surface area (Å²) in [5.41, 5.74) is 2.04. The van der Waals surface area contributed by atoms with E-state index in [2.05, 4.69) is 20.4 Å². The molecule has 5 aromatic rings. The van der Waals surface area contributed by atoms with Crippen LogP contribution >= 0.6 is 0 Å². The molecule has 4 aromatic heterocycles. The first-order valence-electron chi connectivity index (χ1n) is 11.4. The van der Waals surface area contributed by atoms with E-state index in [0.717, 1.165) is 11.3 Å². The molecule has 182 valence electrons. The molecule has 1 aliphatic rings. The van der Waals surface area contributed by atoms with Gasteiger partial charge in [-0.2, -0.15) is 9.49 Å². The molecule has 0 aliphatic carbocycles. The van der Waals surface area contributed by atoms with Crippen LogP contribution in [0.1, 0.15) is 34.2 Å². The van der Waals surface area contributed by atoms with Crippen molar-refractivity contribution in [3.05, 3.63) is 87.4 Å². The molecule has 0 atom stereocenters. The van der Waals surface area contributed by atoms with Gasteiger partial charge in [0.2, 0.25) is 5.95 Å². The number of carbonyl (C=O) groups is 1. The van der Waals surface area contributed by atoms with E-state index in [1.807, 2.05) is 4.90 Å². The minimum Gasteiger partial charge on any atom is -0.459 e. The molecule has 6 rings (SSSR count). The molecule has 0 radical (unpaired) electrons. The van der Waals surface area contributed by atoms with Crippen LogP contribution in [0.25, 0.3) is 27.6 Å². The van der Waals surface area contributed by atoms with Gasteiger partial charge in [-0.05, 0) is 25.1 Å². The second-order valence-electron chi connectivity index (χ2n) is 8.64. The summed E-state index contributed by atoms with van der Waals surface area (Å²) in [7, 11) is 0. The quantitative estimate of drug-likeness (QED) is 0.366. The number of pyridine rings is 2. The summed E-state index contributed by atoms with van der Waals surface area (Å²) in [6.07, 6.45) is 3.12. The molecule has 36 heavy (non-hydrogen) atoms. The SMILES string of the molecule is CCNC(=O)c1ccc(-n2cc3c(n2)CN(Cc2ccc4c([nH]c(=O)c5occc54)c2F)C3)c(F)n1. The van der Waals surface area contributed by atoms with Gasteiger partial charge in [0.05, 0.1) is 17.5 Å². The van der Waals surface area contributed by atoms with Crippen molar-refractivity contribution in [1.82, 2.24) is 30.0 Å². The Bertz CT molecular complexity index is 1700. The van der Waals surface area contributed by atoms with E-state index in [0.29, 0.717) is 42.5 Å². The van der Waals surface area contributed by atoms with Crippen molar-refractivity contribution in [1.29, 1.82) is 0 Å². The summed E-state index contributed by atoms with van der Waals surface area (Å²) in [5.74, 6) is -1.72. The third kappa shape index (κ3) is 3.55. The number of aromatic amines is 1. The number of nitrogens with zero attached hydrogens (tertiary/aromatic N) is 4. The summed E-state index contributed by atoms with van der Waals surface area (Å²) < 4.78 is 36.6. The van der Waals surface area contributed by atoms with Gasteiger partial charge in [0.15, 0.2) is 11.4 Å². The van der Waals surface area contributed by atoms with Gasteiger partial charge in [-0.15, -0.1) is 0 Å². The van der Waals surface area contributed by atoms with Crippen LogP contribution in [0.5, 0.6) is 0 Å². The Morgan fingerprint density at radius 3 is 2.81 bits per heavy atom. The molecule has 0 saturated heterocycles. The van der Waals surface area contributed by atoms with Gasteiger partial charge >= 0.3 is 0 Å².